The summed E-state index contributed by atoms with van der Waals surface area (Å²) in [5.74, 6) is 0.366. The van der Waals surface area contributed by atoms with Crippen molar-refractivity contribution < 1.29 is 4.79 Å². The van der Waals surface area contributed by atoms with Crippen LogP contribution in [0.2, 0.25) is 0 Å². The van der Waals surface area contributed by atoms with Gasteiger partial charge in [0.05, 0.1) is 12.4 Å². The zero-order chi connectivity index (χ0) is 20.3. The minimum absolute atomic E-state index is 0.209. The maximum Gasteiger partial charge on any atom is 0.276 e. The van der Waals surface area contributed by atoms with Crippen LogP contribution in [0.25, 0.3) is 5.69 Å². The molecule has 0 fully saturated rings. The molecule has 1 amide bonds. The number of carbonyl (C=O) groups excluding carboxylic acids is 1. The van der Waals surface area contributed by atoms with Crippen molar-refractivity contribution >= 4 is 11.9 Å². The molecule has 146 valence electrons. The molecule has 1 unspecified atom stereocenters. The highest BCUT2D eigenvalue weighted by molar-refractivity contribution is 5.96. The average molecular weight is 380 g/mol. The van der Waals surface area contributed by atoms with Crippen LogP contribution >= 0.6 is 0 Å². The number of hydrogen-bond acceptors (Lipinski definition) is 7. The summed E-state index contributed by atoms with van der Waals surface area (Å²) < 4.78 is 0. The lowest BCUT2D eigenvalue weighted by atomic mass is 10.2. The Morgan fingerprint density at radius 3 is 2.39 bits per heavy atom. The van der Waals surface area contributed by atoms with Crippen molar-refractivity contribution in [1.82, 2.24) is 34.8 Å². The van der Waals surface area contributed by atoms with Gasteiger partial charge >= 0.3 is 0 Å². The Morgan fingerprint density at radius 2 is 1.79 bits per heavy atom. The second kappa shape index (κ2) is 8.12. The molecule has 3 rings (SSSR count). The molecule has 0 saturated heterocycles. The Balaban J connectivity index is 1.92. The average Bonchev–Trinajstić information content (AvgIpc) is 3.21. The van der Waals surface area contributed by atoms with Gasteiger partial charge in [-0.1, -0.05) is 0 Å². The standard InChI is InChI=1S/C19H24N8O/c1-6-26(15(4)25(5)19-23-13(2)12-14(3)24-19)18(28)17-16(8-7-9-20-17)27-21-10-11-22-27/h7-12,15H,6H2,1-5H3. The van der Waals surface area contributed by atoms with E-state index < -0.39 is 0 Å². The normalized spacial score (nSPS) is 11.9. The number of amides is 1. The lowest BCUT2D eigenvalue weighted by Crippen LogP contribution is -2.49. The van der Waals surface area contributed by atoms with Crippen molar-refractivity contribution in [2.75, 3.05) is 18.5 Å². The molecule has 0 radical (unpaired) electrons. The highest BCUT2D eigenvalue weighted by atomic mass is 16.2. The van der Waals surface area contributed by atoms with Crippen LogP contribution in [-0.2, 0) is 0 Å². The van der Waals surface area contributed by atoms with E-state index in [4.69, 9.17) is 0 Å². The highest BCUT2D eigenvalue weighted by Crippen LogP contribution is 2.18. The van der Waals surface area contributed by atoms with E-state index in [-0.39, 0.29) is 12.1 Å². The summed E-state index contributed by atoms with van der Waals surface area (Å²) in [4.78, 5) is 31.6. The first-order valence-corrected chi connectivity index (χ1v) is 9.10. The zero-order valence-corrected chi connectivity index (χ0v) is 16.7. The van der Waals surface area contributed by atoms with Gasteiger partial charge in [0.25, 0.3) is 5.91 Å². The Hall–Kier alpha value is -3.36. The predicted octanol–water partition coefficient (Wildman–Crippen LogP) is 2.01. The molecule has 28 heavy (non-hydrogen) atoms. The SMILES string of the molecule is CCN(C(=O)c1ncccc1-n1nccn1)C(C)N(C)c1nc(C)cc(C)n1. The van der Waals surface area contributed by atoms with Gasteiger partial charge in [-0.3, -0.25) is 4.79 Å². The summed E-state index contributed by atoms with van der Waals surface area (Å²) in [7, 11) is 1.88. The molecule has 0 aliphatic heterocycles. The van der Waals surface area contributed by atoms with Gasteiger partial charge in [-0.2, -0.15) is 10.2 Å². The van der Waals surface area contributed by atoms with E-state index >= 15 is 0 Å². The van der Waals surface area contributed by atoms with E-state index in [1.807, 2.05) is 45.7 Å². The number of aromatic nitrogens is 6. The van der Waals surface area contributed by atoms with Crippen molar-refractivity contribution in [3.05, 3.63) is 53.9 Å². The third-order valence-corrected chi connectivity index (χ3v) is 4.52. The quantitative estimate of drug-likeness (QED) is 0.604. The predicted molar refractivity (Wildman–Crippen MR) is 105 cm³/mol. The van der Waals surface area contributed by atoms with Gasteiger partial charge in [-0.25, -0.2) is 15.0 Å². The zero-order valence-electron chi connectivity index (χ0n) is 16.7. The number of aryl methyl sites for hydroxylation is 2. The minimum atomic E-state index is -0.279. The van der Waals surface area contributed by atoms with Crippen LogP contribution in [0.1, 0.15) is 35.7 Å². The third-order valence-electron chi connectivity index (χ3n) is 4.52. The van der Waals surface area contributed by atoms with Crippen LogP contribution in [0.3, 0.4) is 0 Å². The van der Waals surface area contributed by atoms with Gasteiger partial charge in [0.2, 0.25) is 5.95 Å². The lowest BCUT2D eigenvalue weighted by molar-refractivity contribution is 0.0696. The third kappa shape index (κ3) is 3.83. The Morgan fingerprint density at radius 1 is 1.14 bits per heavy atom. The van der Waals surface area contributed by atoms with Gasteiger partial charge in [0.1, 0.15) is 11.9 Å². The number of nitrogens with zero attached hydrogens (tertiary/aromatic N) is 8. The van der Waals surface area contributed by atoms with Crippen LogP contribution < -0.4 is 4.90 Å². The Kier molecular flexibility index (Phi) is 5.62. The van der Waals surface area contributed by atoms with E-state index in [0.717, 1.165) is 11.4 Å². The summed E-state index contributed by atoms with van der Waals surface area (Å²) in [6, 6.07) is 5.45. The number of anilines is 1. The summed E-state index contributed by atoms with van der Waals surface area (Å²) in [5.41, 5.74) is 2.59. The number of pyridine rings is 1. The smallest absolute Gasteiger partial charge is 0.276 e. The largest absolute Gasteiger partial charge is 0.324 e. The Labute approximate surface area is 164 Å². The molecule has 0 spiro atoms. The van der Waals surface area contributed by atoms with Crippen molar-refractivity contribution in [2.24, 2.45) is 0 Å². The molecule has 3 aromatic rings. The molecule has 9 heteroatoms. The molecule has 3 heterocycles. The first kappa shape index (κ1) is 19.4. The minimum Gasteiger partial charge on any atom is -0.324 e. The molecule has 0 aromatic carbocycles. The van der Waals surface area contributed by atoms with E-state index in [1.165, 1.54) is 4.80 Å². The van der Waals surface area contributed by atoms with Crippen molar-refractivity contribution in [2.45, 2.75) is 33.9 Å². The van der Waals surface area contributed by atoms with Crippen LogP contribution in [0, 0.1) is 13.8 Å². The first-order valence-electron chi connectivity index (χ1n) is 9.10. The van der Waals surface area contributed by atoms with Crippen LogP contribution in [0.4, 0.5) is 5.95 Å². The number of carbonyl (C=O) groups is 1. The lowest BCUT2D eigenvalue weighted by Gasteiger charge is -2.35. The van der Waals surface area contributed by atoms with Crippen molar-refractivity contribution in [3.8, 4) is 5.69 Å². The number of rotatable bonds is 6. The maximum absolute atomic E-state index is 13.3. The van der Waals surface area contributed by atoms with Gasteiger partial charge in [-0.05, 0) is 45.9 Å². The molecule has 0 N–H and O–H groups in total. The summed E-state index contributed by atoms with van der Waals surface area (Å²) >= 11 is 0. The van der Waals surface area contributed by atoms with Gasteiger partial charge in [-0.15, -0.1) is 4.80 Å². The maximum atomic E-state index is 13.3. The van der Waals surface area contributed by atoms with Gasteiger partial charge < -0.3 is 9.80 Å². The molecule has 0 aliphatic carbocycles. The fourth-order valence-electron chi connectivity index (χ4n) is 3.02. The van der Waals surface area contributed by atoms with Crippen LogP contribution in [-0.4, -0.2) is 60.5 Å². The molecule has 3 aromatic heterocycles. The Bertz CT molecular complexity index is 936. The summed E-state index contributed by atoms with van der Waals surface area (Å²) in [5, 5.41) is 8.25. The fourth-order valence-corrected chi connectivity index (χ4v) is 3.02. The van der Waals surface area contributed by atoms with E-state index in [0.29, 0.717) is 23.9 Å². The van der Waals surface area contributed by atoms with Gasteiger partial charge in [0, 0.05) is 31.2 Å². The van der Waals surface area contributed by atoms with E-state index in [2.05, 4.69) is 25.1 Å². The van der Waals surface area contributed by atoms with E-state index in [9.17, 15) is 4.79 Å². The molecule has 9 nitrogen and oxygen atoms in total. The second-order valence-corrected chi connectivity index (χ2v) is 6.47. The fraction of sp³-hybridized carbons (Fsp3) is 0.368. The molecular formula is C19H24N8O. The van der Waals surface area contributed by atoms with Crippen LogP contribution in [0.5, 0.6) is 0 Å². The van der Waals surface area contributed by atoms with Crippen LogP contribution in [0.15, 0.2) is 36.8 Å². The second-order valence-electron chi connectivity index (χ2n) is 6.47. The molecular weight excluding hydrogens is 356 g/mol. The summed E-state index contributed by atoms with van der Waals surface area (Å²) in [6.07, 6.45) is 4.44. The van der Waals surface area contributed by atoms with Gasteiger partial charge in [0.15, 0.2) is 5.69 Å². The first-order chi connectivity index (χ1) is 13.4. The summed E-state index contributed by atoms with van der Waals surface area (Å²) in [6.45, 7) is 8.22. The number of hydrogen-bond donors (Lipinski definition) is 0. The van der Waals surface area contributed by atoms with E-state index in [1.54, 1.807) is 35.6 Å². The monoisotopic (exact) mass is 380 g/mol. The molecule has 0 saturated carbocycles. The van der Waals surface area contributed by atoms with Crippen molar-refractivity contribution in [3.63, 3.8) is 0 Å². The molecule has 1 atom stereocenters. The topological polar surface area (TPSA) is 92.9 Å². The molecule has 0 bridgehead atoms. The molecule has 0 aliphatic rings. The van der Waals surface area contributed by atoms with Crippen molar-refractivity contribution in [1.29, 1.82) is 0 Å². The highest BCUT2D eigenvalue weighted by Gasteiger charge is 2.28.